The number of nitrogens with zero attached hydrogens (tertiary/aromatic N) is 1. The van der Waals surface area contributed by atoms with Crippen molar-refractivity contribution in [1.82, 2.24) is 10.3 Å². The van der Waals surface area contributed by atoms with E-state index in [1.807, 2.05) is 6.92 Å². The highest BCUT2D eigenvalue weighted by Gasteiger charge is 2.23. The lowest BCUT2D eigenvalue weighted by molar-refractivity contribution is -0.137. The molecule has 2 N–H and O–H groups in total. The average Bonchev–Trinajstić information content (AvgIpc) is 2.83. The van der Waals surface area contributed by atoms with E-state index < -0.39 is 5.97 Å². The number of carboxylic acids is 1. The molecule has 1 saturated heterocycles. The van der Waals surface area contributed by atoms with Crippen molar-refractivity contribution >= 4 is 5.97 Å². The molecule has 5 heteroatoms. The molecule has 2 heterocycles. The maximum atomic E-state index is 10.4. The standard InChI is InChI=1S/C11H16N2O3/c1-7-11(8-4-5-12-6-8)13-9(16-7)2-3-10(14)15/h8,12H,2-6H2,1H3,(H,14,15). The summed E-state index contributed by atoms with van der Waals surface area (Å²) in [5.74, 6) is 0.971. The van der Waals surface area contributed by atoms with Crippen LogP contribution in [0.5, 0.6) is 0 Å². The van der Waals surface area contributed by atoms with E-state index in [0.29, 0.717) is 18.2 Å². The second-order valence-electron chi connectivity index (χ2n) is 4.13. The molecule has 1 aromatic heterocycles. The molecule has 0 amide bonds. The Balaban J connectivity index is 2.05. The van der Waals surface area contributed by atoms with Crippen molar-refractivity contribution in [3.05, 3.63) is 17.3 Å². The molecule has 88 valence electrons. The van der Waals surface area contributed by atoms with Crippen LogP contribution in [0.3, 0.4) is 0 Å². The minimum atomic E-state index is -0.820. The predicted molar refractivity (Wildman–Crippen MR) is 57.4 cm³/mol. The summed E-state index contributed by atoms with van der Waals surface area (Å²) in [4.78, 5) is 14.8. The Kier molecular flexibility index (Phi) is 3.24. The summed E-state index contributed by atoms with van der Waals surface area (Å²) in [5.41, 5.74) is 0.991. The van der Waals surface area contributed by atoms with Crippen LogP contribution in [-0.2, 0) is 11.2 Å². The van der Waals surface area contributed by atoms with Gasteiger partial charge in [0.2, 0.25) is 0 Å². The van der Waals surface area contributed by atoms with Gasteiger partial charge in [-0.2, -0.15) is 0 Å². The lowest BCUT2D eigenvalue weighted by atomic mass is 10.0. The molecule has 0 aromatic carbocycles. The third-order valence-electron chi connectivity index (χ3n) is 2.88. The van der Waals surface area contributed by atoms with Crippen LogP contribution in [0.2, 0.25) is 0 Å². The van der Waals surface area contributed by atoms with Crippen LogP contribution in [0.1, 0.15) is 36.1 Å². The van der Waals surface area contributed by atoms with Crippen LogP contribution in [-0.4, -0.2) is 29.1 Å². The Hall–Kier alpha value is -1.36. The summed E-state index contributed by atoms with van der Waals surface area (Å²) in [5, 5.41) is 11.9. The fourth-order valence-electron chi connectivity index (χ4n) is 2.05. The molecule has 1 aromatic rings. The largest absolute Gasteiger partial charge is 0.481 e. The molecule has 1 aliphatic rings. The van der Waals surface area contributed by atoms with Gasteiger partial charge in [-0.1, -0.05) is 0 Å². The number of aromatic nitrogens is 1. The highest BCUT2D eigenvalue weighted by molar-refractivity contribution is 5.66. The van der Waals surface area contributed by atoms with Gasteiger partial charge in [-0.15, -0.1) is 0 Å². The van der Waals surface area contributed by atoms with Gasteiger partial charge in [0.05, 0.1) is 12.1 Å². The van der Waals surface area contributed by atoms with Crippen molar-refractivity contribution < 1.29 is 14.3 Å². The van der Waals surface area contributed by atoms with Crippen molar-refractivity contribution in [2.45, 2.75) is 32.1 Å². The monoisotopic (exact) mass is 224 g/mol. The SMILES string of the molecule is Cc1oc(CCC(=O)O)nc1C1CCNC1. The van der Waals surface area contributed by atoms with Crippen molar-refractivity contribution in [2.75, 3.05) is 13.1 Å². The Morgan fingerprint density at radius 2 is 2.50 bits per heavy atom. The maximum absolute atomic E-state index is 10.4. The van der Waals surface area contributed by atoms with E-state index in [0.717, 1.165) is 31.0 Å². The molecule has 1 unspecified atom stereocenters. The van der Waals surface area contributed by atoms with Gasteiger partial charge in [0.1, 0.15) is 5.76 Å². The molecule has 0 bridgehead atoms. The summed E-state index contributed by atoms with van der Waals surface area (Å²) in [6.45, 7) is 3.85. The number of hydrogen-bond acceptors (Lipinski definition) is 4. The van der Waals surface area contributed by atoms with Crippen LogP contribution >= 0.6 is 0 Å². The molecule has 0 aliphatic carbocycles. The topological polar surface area (TPSA) is 75.4 Å². The number of oxazole rings is 1. The van der Waals surface area contributed by atoms with Crippen molar-refractivity contribution in [2.24, 2.45) is 0 Å². The zero-order valence-electron chi connectivity index (χ0n) is 9.32. The summed E-state index contributed by atoms with van der Waals surface area (Å²) in [7, 11) is 0. The second-order valence-corrected chi connectivity index (χ2v) is 4.13. The fraction of sp³-hybridized carbons (Fsp3) is 0.636. The second kappa shape index (κ2) is 4.65. The quantitative estimate of drug-likeness (QED) is 0.800. The van der Waals surface area contributed by atoms with Crippen LogP contribution < -0.4 is 5.32 Å². The number of rotatable bonds is 4. The first-order valence-corrected chi connectivity index (χ1v) is 5.55. The summed E-state index contributed by atoms with van der Waals surface area (Å²) >= 11 is 0. The van der Waals surface area contributed by atoms with Crippen LogP contribution in [0.25, 0.3) is 0 Å². The smallest absolute Gasteiger partial charge is 0.303 e. The molecule has 0 spiro atoms. The van der Waals surface area contributed by atoms with Crippen molar-refractivity contribution in [3.63, 3.8) is 0 Å². The number of nitrogens with one attached hydrogen (secondary N) is 1. The van der Waals surface area contributed by atoms with E-state index in [9.17, 15) is 4.79 Å². The molecule has 0 saturated carbocycles. The Labute approximate surface area is 93.9 Å². The van der Waals surface area contributed by atoms with Gasteiger partial charge in [0, 0.05) is 18.9 Å². The third-order valence-corrected chi connectivity index (χ3v) is 2.88. The van der Waals surface area contributed by atoms with Gasteiger partial charge in [-0.3, -0.25) is 4.79 Å². The molecule has 1 aliphatic heterocycles. The molecule has 5 nitrogen and oxygen atoms in total. The van der Waals surface area contributed by atoms with Crippen molar-refractivity contribution in [3.8, 4) is 0 Å². The Bertz CT molecular complexity index is 381. The van der Waals surface area contributed by atoms with E-state index in [4.69, 9.17) is 9.52 Å². The maximum Gasteiger partial charge on any atom is 0.303 e. The van der Waals surface area contributed by atoms with E-state index in [-0.39, 0.29) is 6.42 Å². The number of carboxylic acid groups (broad SMARTS) is 1. The molecular formula is C11H16N2O3. The van der Waals surface area contributed by atoms with Gasteiger partial charge < -0.3 is 14.8 Å². The predicted octanol–water partition coefficient (Wildman–Crippen LogP) is 1.08. The summed E-state index contributed by atoms with van der Waals surface area (Å²) < 4.78 is 5.48. The van der Waals surface area contributed by atoms with E-state index in [2.05, 4.69) is 10.3 Å². The van der Waals surface area contributed by atoms with Crippen molar-refractivity contribution in [1.29, 1.82) is 0 Å². The third kappa shape index (κ3) is 2.41. The van der Waals surface area contributed by atoms with Gasteiger partial charge in [-0.25, -0.2) is 4.98 Å². The minimum Gasteiger partial charge on any atom is -0.481 e. The Morgan fingerprint density at radius 1 is 1.69 bits per heavy atom. The first-order chi connectivity index (χ1) is 7.66. The zero-order chi connectivity index (χ0) is 11.5. The molecule has 1 fully saturated rings. The van der Waals surface area contributed by atoms with E-state index in [1.54, 1.807) is 0 Å². The number of aliphatic carboxylic acids is 1. The summed E-state index contributed by atoms with van der Waals surface area (Å²) in [6, 6.07) is 0. The van der Waals surface area contributed by atoms with E-state index in [1.165, 1.54) is 0 Å². The molecular weight excluding hydrogens is 208 g/mol. The first-order valence-electron chi connectivity index (χ1n) is 5.55. The van der Waals surface area contributed by atoms with Gasteiger partial charge in [0.15, 0.2) is 5.89 Å². The van der Waals surface area contributed by atoms with Crippen LogP contribution in [0, 0.1) is 6.92 Å². The summed E-state index contributed by atoms with van der Waals surface area (Å²) in [6.07, 6.45) is 1.52. The highest BCUT2D eigenvalue weighted by Crippen LogP contribution is 2.25. The van der Waals surface area contributed by atoms with Gasteiger partial charge in [0.25, 0.3) is 0 Å². The first kappa shape index (κ1) is 11.1. The zero-order valence-corrected chi connectivity index (χ0v) is 9.32. The lowest BCUT2D eigenvalue weighted by Crippen LogP contribution is -2.08. The fourth-order valence-corrected chi connectivity index (χ4v) is 2.05. The number of hydrogen-bond donors (Lipinski definition) is 2. The van der Waals surface area contributed by atoms with E-state index >= 15 is 0 Å². The molecule has 16 heavy (non-hydrogen) atoms. The minimum absolute atomic E-state index is 0.0717. The van der Waals surface area contributed by atoms with Crippen LogP contribution in [0.15, 0.2) is 4.42 Å². The van der Waals surface area contributed by atoms with Gasteiger partial charge in [-0.05, 0) is 19.9 Å². The normalized spacial score (nSPS) is 20.2. The number of carbonyl (C=O) groups is 1. The molecule has 2 rings (SSSR count). The number of aryl methyl sites for hydroxylation is 2. The Morgan fingerprint density at radius 3 is 3.12 bits per heavy atom. The van der Waals surface area contributed by atoms with Crippen LogP contribution in [0.4, 0.5) is 0 Å². The highest BCUT2D eigenvalue weighted by atomic mass is 16.4. The molecule has 1 atom stereocenters. The molecule has 0 radical (unpaired) electrons. The lowest BCUT2D eigenvalue weighted by Gasteiger charge is -2.03. The van der Waals surface area contributed by atoms with Gasteiger partial charge >= 0.3 is 5.97 Å². The average molecular weight is 224 g/mol.